The largest absolute Gasteiger partial charge is 0.0853 e. The van der Waals surface area contributed by atoms with E-state index in [0.717, 1.165) is 5.92 Å². The lowest BCUT2D eigenvalue weighted by Gasteiger charge is -2.28. The van der Waals surface area contributed by atoms with Crippen LogP contribution in [0.4, 0.5) is 0 Å². The number of fused-ring (bicyclic) bond motifs is 1. The molecular weight excluding hydrogens is 240 g/mol. The molecule has 0 heterocycles. The Hall–Kier alpha value is -0.780. The SMILES string of the molecule is C/C1=C\C[C@]2(C)CCC(C(C)C)=C2CC/C(C)=C/CC1. The van der Waals surface area contributed by atoms with Crippen LogP contribution in [-0.4, -0.2) is 0 Å². The smallest absolute Gasteiger partial charge is 0.00759 e. The average Bonchev–Trinajstić information content (AvgIpc) is 2.70. The van der Waals surface area contributed by atoms with Crippen LogP contribution in [0.1, 0.15) is 79.6 Å². The van der Waals surface area contributed by atoms with Gasteiger partial charge in [-0.3, -0.25) is 0 Å². The summed E-state index contributed by atoms with van der Waals surface area (Å²) in [7, 11) is 0. The third kappa shape index (κ3) is 3.45. The van der Waals surface area contributed by atoms with Gasteiger partial charge in [-0.25, -0.2) is 0 Å². The number of hydrogen-bond acceptors (Lipinski definition) is 0. The second kappa shape index (κ2) is 6.33. The van der Waals surface area contributed by atoms with Gasteiger partial charge < -0.3 is 0 Å². The van der Waals surface area contributed by atoms with Crippen molar-refractivity contribution in [2.75, 3.05) is 0 Å². The number of allylic oxidation sites excluding steroid dienone is 6. The average molecular weight is 272 g/mol. The van der Waals surface area contributed by atoms with E-state index in [0.29, 0.717) is 5.41 Å². The van der Waals surface area contributed by atoms with Gasteiger partial charge in [0.1, 0.15) is 0 Å². The first-order chi connectivity index (χ1) is 9.42. The van der Waals surface area contributed by atoms with Gasteiger partial charge in [-0.15, -0.1) is 0 Å². The van der Waals surface area contributed by atoms with Crippen molar-refractivity contribution < 1.29 is 0 Å². The topological polar surface area (TPSA) is 0 Å². The van der Waals surface area contributed by atoms with Crippen LogP contribution >= 0.6 is 0 Å². The van der Waals surface area contributed by atoms with Crippen molar-refractivity contribution in [3.05, 3.63) is 34.4 Å². The molecule has 0 nitrogen and oxygen atoms in total. The van der Waals surface area contributed by atoms with Crippen molar-refractivity contribution in [2.24, 2.45) is 11.3 Å². The molecule has 0 spiro atoms. The van der Waals surface area contributed by atoms with Crippen LogP contribution in [0.15, 0.2) is 34.4 Å². The molecule has 2 rings (SSSR count). The molecule has 0 aromatic heterocycles. The van der Waals surface area contributed by atoms with Gasteiger partial charge in [-0.2, -0.15) is 0 Å². The third-order valence-corrected chi connectivity index (χ3v) is 5.46. The fourth-order valence-electron chi connectivity index (χ4n) is 3.90. The maximum Gasteiger partial charge on any atom is -0.00759 e. The maximum atomic E-state index is 2.53. The Balaban J connectivity index is 2.35. The quantitative estimate of drug-likeness (QED) is 0.472. The Kier molecular flexibility index (Phi) is 4.94. The molecule has 2 aliphatic carbocycles. The van der Waals surface area contributed by atoms with E-state index in [1.807, 2.05) is 0 Å². The summed E-state index contributed by atoms with van der Waals surface area (Å²) in [6.07, 6.45) is 14.0. The number of hydrogen-bond donors (Lipinski definition) is 0. The molecule has 0 aliphatic heterocycles. The molecule has 2 aliphatic rings. The van der Waals surface area contributed by atoms with Crippen molar-refractivity contribution in [3.63, 3.8) is 0 Å². The zero-order valence-electron chi connectivity index (χ0n) is 14.2. The summed E-state index contributed by atoms with van der Waals surface area (Å²) in [5.41, 5.74) is 7.17. The molecule has 0 saturated heterocycles. The summed E-state index contributed by atoms with van der Waals surface area (Å²) in [5, 5.41) is 0. The van der Waals surface area contributed by atoms with Gasteiger partial charge in [-0.1, -0.05) is 55.2 Å². The van der Waals surface area contributed by atoms with Gasteiger partial charge >= 0.3 is 0 Å². The fraction of sp³-hybridized carbons (Fsp3) is 0.700. The summed E-state index contributed by atoms with van der Waals surface area (Å²) in [5.74, 6) is 0.728. The van der Waals surface area contributed by atoms with Crippen LogP contribution in [0.3, 0.4) is 0 Å². The van der Waals surface area contributed by atoms with E-state index in [1.54, 1.807) is 22.3 Å². The second-order valence-electron chi connectivity index (χ2n) is 7.56. The van der Waals surface area contributed by atoms with E-state index in [9.17, 15) is 0 Å². The van der Waals surface area contributed by atoms with Crippen LogP contribution in [0, 0.1) is 11.3 Å². The van der Waals surface area contributed by atoms with E-state index in [-0.39, 0.29) is 0 Å². The molecule has 0 aromatic carbocycles. The van der Waals surface area contributed by atoms with Crippen molar-refractivity contribution in [1.29, 1.82) is 0 Å². The molecule has 0 amide bonds. The Morgan fingerprint density at radius 2 is 1.65 bits per heavy atom. The predicted octanol–water partition coefficient (Wildman–Crippen LogP) is 6.60. The molecule has 0 aromatic rings. The summed E-state index contributed by atoms with van der Waals surface area (Å²) in [6, 6.07) is 0. The van der Waals surface area contributed by atoms with E-state index in [4.69, 9.17) is 0 Å². The van der Waals surface area contributed by atoms with Crippen molar-refractivity contribution >= 4 is 0 Å². The molecule has 0 fully saturated rings. The summed E-state index contributed by atoms with van der Waals surface area (Å²) < 4.78 is 0. The minimum atomic E-state index is 0.436. The van der Waals surface area contributed by atoms with Crippen LogP contribution in [0.25, 0.3) is 0 Å². The zero-order valence-corrected chi connectivity index (χ0v) is 14.2. The summed E-state index contributed by atoms with van der Waals surface area (Å²) >= 11 is 0. The molecule has 112 valence electrons. The van der Waals surface area contributed by atoms with Gasteiger partial charge in [-0.05, 0) is 70.1 Å². The monoisotopic (exact) mass is 272 g/mol. The molecule has 0 bridgehead atoms. The molecule has 0 radical (unpaired) electrons. The first kappa shape index (κ1) is 15.6. The lowest BCUT2D eigenvalue weighted by molar-refractivity contribution is 0.386. The Morgan fingerprint density at radius 3 is 2.35 bits per heavy atom. The van der Waals surface area contributed by atoms with E-state index in [1.165, 1.54) is 44.9 Å². The molecule has 1 atom stereocenters. The van der Waals surface area contributed by atoms with Gasteiger partial charge in [0.05, 0.1) is 0 Å². The Labute approximate surface area is 126 Å². The molecule has 20 heavy (non-hydrogen) atoms. The second-order valence-corrected chi connectivity index (χ2v) is 7.56. The highest BCUT2D eigenvalue weighted by Crippen LogP contribution is 2.50. The Morgan fingerprint density at radius 1 is 0.950 bits per heavy atom. The summed E-state index contributed by atoms with van der Waals surface area (Å²) in [6.45, 7) is 11.9. The minimum Gasteiger partial charge on any atom is -0.0853 e. The zero-order chi connectivity index (χ0) is 14.8. The molecular formula is C20H32. The van der Waals surface area contributed by atoms with Crippen LogP contribution in [0.2, 0.25) is 0 Å². The van der Waals surface area contributed by atoms with Crippen LogP contribution in [0.5, 0.6) is 0 Å². The first-order valence-electron chi connectivity index (χ1n) is 8.46. The van der Waals surface area contributed by atoms with Gasteiger partial charge in [0.15, 0.2) is 0 Å². The molecule has 0 unspecified atom stereocenters. The van der Waals surface area contributed by atoms with Crippen molar-refractivity contribution in [2.45, 2.75) is 79.6 Å². The molecule has 0 saturated carbocycles. The molecule has 0 heteroatoms. The highest BCUT2D eigenvalue weighted by Gasteiger charge is 2.35. The van der Waals surface area contributed by atoms with E-state index < -0.39 is 0 Å². The maximum absolute atomic E-state index is 2.53. The van der Waals surface area contributed by atoms with E-state index in [2.05, 4.69) is 46.8 Å². The predicted molar refractivity (Wildman–Crippen MR) is 89.8 cm³/mol. The van der Waals surface area contributed by atoms with Gasteiger partial charge in [0.2, 0.25) is 0 Å². The van der Waals surface area contributed by atoms with Gasteiger partial charge in [0.25, 0.3) is 0 Å². The third-order valence-electron chi connectivity index (χ3n) is 5.46. The lowest BCUT2D eigenvalue weighted by Crippen LogP contribution is -2.15. The van der Waals surface area contributed by atoms with Crippen LogP contribution in [-0.2, 0) is 0 Å². The van der Waals surface area contributed by atoms with Crippen molar-refractivity contribution in [3.8, 4) is 0 Å². The fourth-order valence-corrected chi connectivity index (χ4v) is 3.90. The Bertz CT molecular complexity index is 445. The van der Waals surface area contributed by atoms with Crippen molar-refractivity contribution in [1.82, 2.24) is 0 Å². The minimum absolute atomic E-state index is 0.436. The lowest BCUT2D eigenvalue weighted by atomic mass is 9.76. The highest BCUT2D eigenvalue weighted by molar-refractivity contribution is 5.31. The standard InChI is InChI=1S/C20H32/c1-15(2)18-12-14-20(5)13-11-17(4)8-6-7-16(3)9-10-19(18)20/h7,11,15H,6,8-10,12-14H2,1-5H3/b16-7+,17-11+/t20-/m1/s1. The number of rotatable bonds is 1. The highest BCUT2D eigenvalue weighted by atomic mass is 14.4. The van der Waals surface area contributed by atoms with Gasteiger partial charge in [0, 0.05) is 0 Å². The van der Waals surface area contributed by atoms with E-state index >= 15 is 0 Å². The van der Waals surface area contributed by atoms with Crippen LogP contribution < -0.4 is 0 Å². The first-order valence-corrected chi connectivity index (χ1v) is 8.46. The summed E-state index contributed by atoms with van der Waals surface area (Å²) in [4.78, 5) is 0. The molecule has 0 N–H and O–H groups in total. The normalized spacial score (nSPS) is 34.1.